The van der Waals surface area contributed by atoms with Crippen molar-refractivity contribution in [3.63, 3.8) is 0 Å². The van der Waals surface area contributed by atoms with Crippen LogP contribution in [-0.4, -0.2) is 9.04 Å². The van der Waals surface area contributed by atoms with Crippen LogP contribution in [0.4, 0.5) is 0 Å². The molecule has 0 radical (unpaired) electrons. The molecule has 1 aliphatic carbocycles. The zero-order chi connectivity index (χ0) is 10.3. The number of fused-ring (bicyclic) bond motifs is 1. The minimum atomic E-state index is -0.946. The van der Waals surface area contributed by atoms with Crippen LogP contribution in [0.1, 0.15) is 28.3 Å². The predicted octanol–water partition coefficient (Wildman–Crippen LogP) is 3.51. The Labute approximate surface area is 91.1 Å². The molecule has 1 atom stereocenters. The Hall–Kier alpha value is -0.383. The van der Waals surface area contributed by atoms with E-state index in [9.17, 15) is 0 Å². The molecular weight excluding hydrogens is 208 g/mol. The van der Waals surface area contributed by atoms with Crippen LogP contribution in [-0.2, 0) is 4.43 Å². The quantitative estimate of drug-likeness (QED) is 0.699. The van der Waals surface area contributed by atoms with Gasteiger partial charge in [-0.2, -0.15) is 0 Å². The topological polar surface area (TPSA) is 9.23 Å². The van der Waals surface area contributed by atoms with E-state index in [-0.39, 0.29) is 6.10 Å². The molecular formula is C11H16OSSi. The lowest BCUT2D eigenvalue weighted by Crippen LogP contribution is -2.12. The molecule has 0 N–H and O–H groups in total. The van der Waals surface area contributed by atoms with Crippen molar-refractivity contribution in [2.24, 2.45) is 0 Å². The summed E-state index contributed by atoms with van der Waals surface area (Å²) in [5, 5.41) is 0. The van der Waals surface area contributed by atoms with E-state index in [1.54, 1.807) is 0 Å². The van der Waals surface area contributed by atoms with Crippen molar-refractivity contribution in [2.75, 3.05) is 0 Å². The van der Waals surface area contributed by atoms with Gasteiger partial charge in [0.2, 0.25) is 0 Å². The molecule has 0 saturated heterocycles. The van der Waals surface area contributed by atoms with Gasteiger partial charge in [0.15, 0.2) is 9.04 Å². The number of aryl methyl sites for hydroxylation is 1. The second kappa shape index (κ2) is 3.64. The predicted molar refractivity (Wildman–Crippen MR) is 65.4 cm³/mol. The van der Waals surface area contributed by atoms with Gasteiger partial charge in [-0.15, -0.1) is 11.3 Å². The lowest BCUT2D eigenvalue weighted by Gasteiger charge is -2.16. The molecule has 0 fully saturated rings. The fraction of sp³-hybridized carbons (Fsp3) is 0.455. The van der Waals surface area contributed by atoms with Gasteiger partial charge >= 0.3 is 0 Å². The Kier molecular flexibility index (Phi) is 2.64. The molecule has 0 bridgehead atoms. The molecule has 0 aromatic carbocycles. The largest absolute Gasteiger partial charge is 0.409 e. The summed E-state index contributed by atoms with van der Waals surface area (Å²) in [5.74, 6) is 0. The van der Waals surface area contributed by atoms with E-state index in [2.05, 4.69) is 39.1 Å². The van der Waals surface area contributed by atoms with Gasteiger partial charge in [-0.3, -0.25) is 0 Å². The van der Waals surface area contributed by atoms with Crippen molar-refractivity contribution in [3.05, 3.63) is 27.0 Å². The highest BCUT2D eigenvalue weighted by Crippen LogP contribution is 2.42. The summed E-state index contributed by atoms with van der Waals surface area (Å²) >= 11 is 1.88. The minimum Gasteiger partial charge on any atom is -0.409 e. The average Bonchev–Trinajstić information content (AvgIpc) is 2.51. The summed E-state index contributed by atoms with van der Waals surface area (Å²) in [4.78, 5) is 2.80. The normalized spacial score (nSPS) is 20.1. The molecule has 0 spiro atoms. The number of thiophene rings is 1. The Bertz CT molecular complexity index is 379. The molecule has 1 heterocycles. The van der Waals surface area contributed by atoms with Crippen LogP contribution in [0.15, 0.2) is 11.6 Å². The molecule has 0 saturated carbocycles. The molecule has 2 rings (SSSR count). The van der Waals surface area contributed by atoms with E-state index < -0.39 is 9.04 Å². The van der Waals surface area contributed by atoms with Crippen molar-refractivity contribution in [1.29, 1.82) is 0 Å². The fourth-order valence-electron chi connectivity index (χ4n) is 1.84. The second-order valence-electron chi connectivity index (χ2n) is 4.13. The minimum absolute atomic E-state index is 0.273. The third-order valence-electron chi connectivity index (χ3n) is 2.36. The number of hydrogen-bond donors (Lipinski definition) is 0. The molecule has 0 aliphatic heterocycles. The molecule has 1 aliphatic rings. The third-order valence-corrected chi connectivity index (χ3v) is 4.28. The van der Waals surface area contributed by atoms with E-state index in [0.29, 0.717) is 0 Å². The van der Waals surface area contributed by atoms with Crippen molar-refractivity contribution >= 4 is 26.5 Å². The molecule has 1 aromatic rings. The number of hydrogen-bond acceptors (Lipinski definition) is 2. The highest BCUT2D eigenvalue weighted by molar-refractivity contribution is 7.12. The molecule has 0 amide bonds. The van der Waals surface area contributed by atoms with Gasteiger partial charge in [0.25, 0.3) is 0 Å². The molecule has 14 heavy (non-hydrogen) atoms. The van der Waals surface area contributed by atoms with E-state index in [4.69, 9.17) is 4.43 Å². The first-order valence-corrected chi connectivity index (χ1v) is 8.61. The summed E-state index contributed by atoms with van der Waals surface area (Å²) in [6.07, 6.45) is 2.54. The van der Waals surface area contributed by atoms with E-state index >= 15 is 0 Å². The summed E-state index contributed by atoms with van der Waals surface area (Å²) in [6, 6.07) is 2.26. The molecule has 76 valence electrons. The van der Waals surface area contributed by atoms with Crippen LogP contribution >= 0.6 is 11.3 Å². The van der Waals surface area contributed by atoms with Crippen molar-refractivity contribution in [2.45, 2.75) is 33.0 Å². The third kappa shape index (κ3) is 1.72. The van der Waals surface area contributed by atoms with Gasteiger partial charge in [-0.25, -0.2) is 0 Å². The SMILES string of the molecule is CC1=Cc2cc(C)sc2C1O[SiH](C)C. The van der Waals surface area contributed by atoms with E-state index in [1.807, 2.05) is 11.3 Å². The van der Waals surface area contributed by atoms with Crippen LogP contribution < -0.4 is 0 Å². The molecule has 1 unspecified atom stereocenters. The van der Waals surface area contributed by atoms with Crippen LogP contribution in [0.2, 0.25) is 13.1 Å². The molecule has 3 heteroatoms. The van der Waals surface area contributed by atoms with Gasteiger partial charge in [0.1, 0.15) is 6.10 Å². The van der Waals surface area contributed by atoms with E-state index in [1.165, 1.54) is 20.9 Å². The molecule has 1 aromatic heterocycles. The summed E-state index contributed by atoms with van der Waals surface area (Å²) in [5.41, 5.74) is 2.75. The maximum Gasteiger partial charge on any atom is 0.172 e. The first-order valence-electron chi connectivity index (χ1n) is 5.02. The van der Waals surface area contributed by atoms with Crippen molar-refractivity contribution in [3.8, 4) is 0 Å². The second-order valence-corrected chi connectivity index (χ2v) is 7.79. The smallest absolute Gasteiger partial charge is 0.172 e. The van der Waals surface area contributed by atoms with Gasteiger partial charge in [0.05, 0.1) is 0 Å². The highest BCUT2D eigenvalue weighted by Gasteiger charge is 2.25. The first-order chi connectivity index (χ1) is 6.58. The lowest BCUT2D eigenvalue weighted by atomic mass is 10.2. The Balaban J connectivity index is 2.31. The zero-order valence-corrected chi connectivity index (χ0v) is 11.1. The summed E-state index contributed by atoms with van der Waals surface area (Å²) in [6.45, 7) is 8.79. The van der Waals surface area contributed by atoms with Gasteiger partial charge < -0.3 is 4.43 Å². The first kappa shape index (κ1) is 10.1. The summed E-state index contributed by atoms with van der Waals surface area (Å²) < 4.78 is 6.04. The lowest BCUT2D eigenvalue weighted by molar-refractivity contribution is 0.256. The maximum absolute atomic E-state index is 6.04. The Morgan fingerprint density at radius 1 is 1.36 bits per heavy atom. The fourth-order valence-corrected chi connectivity index (χ4v) is 3.95. The standard InChI is InChI=1S/C11H16OSSi/c1-7-5-9-6-8(2)13-11(9)10(7)12-14(3)4/h5-6,10,14H,1-4H3. The van der Waals surface area contributed by atoms with Gasteiger partial charge in [0, 0.05) is 9.75 Å². The maximum atomic E-state index is 6.04. The highest BCUT2D eigenvalue weighted by atomic mass is 32.1. The van der Waals surface area contributed by atoms with Crippen molar-refractivity contribution < 1.29 is 4.43 Å². The van der Waals surface area contributed by atoms with Gasteiger partial charge in [-0.05, 0) is 44.1 Å². The van der Waals surface area contributed by atoms with Crippen LogP contribution in [0.5, 0.6) is 0 Å². The summed E-state index contributed by atoms with van der Waals surface area (Å²) in [7, 11) is -0.946. The molecule has 1 nitrogen and oxygen atoms in total. The van der Waals surface area contributed by atoms with Crippen molar-refractivity contribution in [1.82, 2.24) is 0 Å². The zero-order valence-electron chi connectivity index (χ0n) is 9.13. The Morgan fingerprint density at radius 2 is 2.07 bits per heavy atom. The Morgan fingerprint density at radius 3 is 2.71 bits per heavy atom. The van der Waals surface area contributed by atoms with Crippen LogP contribution in [0.25, 0.3) is 6.08 Å². The van der Waals surface area contributed by atoms with Gasteiger partial charge in [-0.1, -0.05) is 6.08 Å². The number of rotatable bonds is 2. The van der Waals surface area contributed by atoms with Crippen LogP contribution in [0.3, 0.4) is 0 Å². The van der Waals surface area contributed by atoms with E-state index in [0.717, 1.165) is 0 Å². The average molecular weight is 224 g/mol. The monoisotopic (exact) mass is 224 g/mol. The van der Waals surface area contributed by atoms with Crippen LogP contribution in [0, 0.1) is 6.92 Å².